The summed E-state index contributed by atoms with van der Waals surface area (Å²) in [5, 5.41) is 1.03. The van der Waals surface area contributed by atoms with Crippen LogP contribution in [0.2, 0.25) is 0 Å². The van der Waals surface area contributed by atoms with E-state index in [1.165, 1.54) is 11.8 Å². The second kappa shape index (κ2) is 9.77. The summed E-state index contributed by atoms with van der Waals surface area (Å²) in [6.07, 6.45) is 3.68. The molecule has 2 aliphatic rings. The number of nitrogens with zero attached hydrogens (tertiary/aromatic N) is 4. The van der Waals surface area contributed by atoms with Gasteiger partial charge in [0.15, 0.2) is 0 Å². The van der Waals surface area contributed by atoms with Crippen molar-refractivity contribution in [3.05, 3.63) is 45.1 Å². The van der Waals surface area contributed by atoms with Gasteiger partial charge in [-0.3, -0.25) is 14.5 Å². The first-order chi connectivity index (χ1) is 15.5. The number of thioether (sulfide) groups is 1. The number of rotatable bonds is 6. The number of benzene rings is 1. The smallest absolute Gasteiger partial charge is 0.266 e. The Labute approximate surface area is 198 Å². The molecular weight excluding hydrogens is 440 g/mol. The van der Waals surface area contributed by atoms with E-state index in [0.717, 1.165) is 62.2 Å². The zero-order valence-electron chi connectivity index (χ0n) is 19.0. The lowest BCUT2D eigenvalue weighted by molar-refractivity contribution is -0.122. The number of thiocarbonyl (C=S) groups is 1. The van der Waals surface area contributed by atoms with Crippen LogP contribution in [0.4, 0.5) is 5.69 Å². The molecule has 3 heterocycles. The number of likely N-dealkylation sites (N-methyl/N-ethyl adjacent to an activating group) is 1. The lowest BCUT2D eigenvalue weighted by atomic mass is 10.1. The molecule has 0 atom stereocenters. The maximum Gasteiger partial charge on any atom is 0.266 e. The van der Waals surface area contributed by atoms with Crippen molar-refractivity contribution in [3.63, 3.8) is 0 Å². The number of hydrogen-bond donors (Lipinski definition) is 0. The monoisotopic (exact) mass is 470 g/mol. The molecule has 8 heteroatoms. The van der Waals surface area contributed by atoms with E-state index in [9.17, 15) is 9.59 Å². The van der Waals surface area contributed by atoms with Crippen LogP contribution in [0.1, 0.15) is 32.3 Å². The van der Waals surface area contributed by atoms with Crippen molar-refractivity contribution in [3.8, 4) is 0 Å². The molecule has 2 fully saturated rings. The van der Waals surface area contributed by atoms with Crippen LogP contribution in [0.3, 0.4) is 0 Å². The molecule has 2 saturated heterocycles. The lowest BCUT2D eigenvalue weighted by Gasteiger charge is -2.37. The molecule has 0 saturated carbocycles. The highest BCUT2D eigenvalue weighted by molar-refractivity contribution is 8.26. The summed E-state index contributed by atoms with van der Waals surface area (Å²) in [5.74, 6) is -0.0922. The van der Waals surface area contributed by atoms with Crippen molar-refractivity contribution in [1.29, 1.82) is 0 Å². The summed E-state index contributed by atoms with van der Waals surface area (Å²) in [6.45, 7) is 9.54. The minimum absolute atomic E-state index is 0.0875. The molecule has 170 valence electrons. The highest BCUT2D eigenvalue weighted by Gasteiger charge is 2.32. The van der Waals surface area contributed by atoms with Crippen LogP contribution in [0.25, 0.3) is 17.0 Å². The van der Waals surface area contributed by atoms with Gasteiger partial charge in [0.2, 0.25) is 0 Å². The van der Waals surface area contributed by atoms with Crippen LogP contribution in [-0.4, -0.2) is 63.9 Å². The molecule has 2 aromatic rings. The molecule has 2 aliphatic heterocycles. The summed E-state index contributed by atoms with van der Waals surface area (Å²) in [7, 11) is 1.80. The quantitative estimate of drug-likeness (QED) is 0.474. The minimum atomic E-state index is -0.0922. The average Bonchev–Trinajstić information content (AvgIpc) is 3.08. The molecule has 0 bridgehead atoms. The van der Waals surface area contributed by atoms with Gasteiger partial charge in [-0.1, -0.05) is 62.4 Å². The number of carbonyl (C=O) groups is 1. The number of carbonyl (C=O) groups excluding carboxylic acids is 1. The summed E-state index contributed by atoms with van der Waals surface area (Å²) in [6, 6.07) is 8.02. The zero-order valence-corrected chi connectivity index (χ0v) is 20.6. The second-order valence-electron chi connectivity index (χ2n) is 8.25. The number of anilines is 1. The van der Waals surface area contributed by atoms with Crippen molar-refractivity contribution in [2.75, 3.05) is 44.2 Å². The van der Waals surface area contributed by atoms with Gasteiger partial charge in [-0.2, -0.15) is 0 Å². The Balaban J connectivity index is 1.83. The van der Waals surface area contributed by atoms with E-state index in [4.69, 9.17) is 12.2 Å². The molecule has 1 amide bonds. The van der Waals surface area contributed by atoms with Gasteiger partial charge in [0, 0.05) is 45.2 Å². The van der Waals surface area contributed by atoms with E-state index in [1.807, 2.05) is 18.2 Å². The number of para-hydroxylation sites is 1. The number of aromatic nitrogens is 1. The molecule has 6 nitrogen and oxygen atoms in total. The summed E-state index contributed by atoms with van der Waals surface area (Å²) >= 11 is 6.77. The van der Waals surface area contributed by atoms with E-state index < -0.39 is 0 Å². The molecule has 1 aromatic carbocycles. The fourth-order valence-corrected chi connectivity index (χ4v) is 5.69. The van der Waals surface area contributed by atoms with Crippen molar-refractivity contribution < 1.29 is 4.79 Å². The Hall–Kier alpha value is -2.16. The number of amides is 1. The molecule has 0 N–H and O–H groups in total. The average molecular weight is 471 g/mol. The summed E-state index contributed by atoms with van der Waals surface area (Å²) < 4.78 is 2.26. The molecule has 0 radical (unpaired) electrons. The van der Waals surface area contributed by atoms with Crippen molar-refractivity contribution >= 4 is 56.9 Å². The van der Waals surface area contributed by atoms with Crippen molar-refractivity contribution in [1.82, 2.24) is 14.4 Å². The minimum Gasteiger partial charge on any atom is -0.368 e. The third kappa shape index (κ3) is 4.23. The first-order valence-corrected chi connectivity index (χ1v) is 12.5. The normalized spacial score (nSPS) is 19.0. The van der Waals surface area contributed by atoms with Gasteiger partial charge >= 0.3 is 0 Å². The molecule has 0 unspecified atom stereocenters. The van der Waals surface area contributed by atoms with E-state index >= 15 is 0 Å². The Morgan fingerprint density at radius 3 is 2.50 bits per heavy atom. The van der Waals surface area contributed by atoms with Gasteiger partial charge in [-0.15, -0.1) is 0 Å². The molecule has 32 heavy (non-hydrogen) atoms. The summed E-state index contributed by atoms with van der Waals surface area (Å²) in [4.78, 5) is 33.5. The fraction of sp³-hybridized carbons (Fsp3) is 0.458. The van der Waals surface area contributed by atoms with Crippen LogP contribution in [0.15, 0.2) is 34.0 Å². The second-order valence-corrected chi connectivity index (χ2v) is 9.93. The van der Waals surface area contributed by atoms with Gasteiger partial charge in [-0.25, -0.2) is 0 Å². The number of hydrogen-bond acceptors (Lipinski definition) is 6. The van der Waals surface area contributed by atoms with E-state index in [2.05, 4.69) is 29.7 Å². The number of piperazine rings is 1. The molecule has 0 spiro atoms. The standard InChI is InChI=1S/C24H30N4O2S2/c1-4-6-11-28-23(30)20(32-24(28)31)16-18-21(27-14-12-26(5-2)13-15-27)17-9-7-8-10-19(17)25(3)22(18)29/h7-10,16H,4-6,11-15H2,1-3H3. The van der Waals surface area contributed by atoms with Crippen LogP contribution in [0, 0.1) is 0 Å². The number of unbranched alkanes of at least 4 members (excludes halogenated alkanes) is 1. The van der Waals surface area contributed by atoms with Crippen LogP contribution >= 0.6 is 24.0 Å². The van der Waals surface area contributed by atoms with Crippen LogP contribution in [-0.2, 0) is 11.8 Å². The molecule has 4 rings (SSSR count). The third-order valence-electron chi connectivity index (χ3n) is 6.33. The number of fused-ring (bicyclic) bond motifs is 1. The lowest BCUT2D eigenvalue weighted by Crippen LogP contribution is -2.47. The maximum atomic E-state index is 13.5. The van der Waals surface area contributed by atoms with E-state index in [1.54, 1.807) is 22.6 Å². The van der Waals surface area contributed by atoms with Gasteiger partial charge < -0.3 is 14.4 Å². The van der Waals surface area contributed by atoms with E-state index in [-0.39, 0.29) is 11.5 Å². The predicted molar refractivity (Wildman–Crippen MR) is 138 cm³/mol. The predicted octanol–water partition coefficient (Wildman–Crippen LogP) is 3.68. The highest BCUT2D eigenvalue weighted by Crippen LogP contribution is 2.36. The Morgan fingerprint density at radius 2 is 1.81 bits per heavy atom. The Bertz CT molecular complexity index is 1130. The molecule has 0 aliphatic carbocycles. The first kappa shape index (κ1) is 23.0. The van der Waals surface area contributed by atoms with Gasteiger partial charge in [0.25, 0.3) is 11.5 Å². The van der Waals surface area contributed by atoms with Crippen LogP contribution in [0.5, 0.6) is 0 Å². The zero-order chi connectivity index (χ0) is 22.8. The van der Waals surface area contributed by atoms with Gasteiger partial charge in [0.05, 0.1) is 21.7 Å². The summed E-state index contributed by atoms with van der Waals surface area (Å²) in [5.41, 5.74) is 2.32. The van der Waals surface area contributed by atoms with Crippen molar-refractivity contribution in [2.24, 2.45) is 7.05 Å². The topological polar surface area (TPSA) is 48.8 Å². The van der Waals surface area contributed by atoms with Crippen LogP contribution < -0.4 is 10.5 Å². The Kier molecular flexibility index (Phi) is 7.02. The molecular formula is C24H30N4O2S2. The largest absolute Gasteiger partial charge is 0.368 e. The SMILES string of the molecule is CCCCN1C(=O)C(=Cc2c(N3CCN(CC)CC3)c3ccccc3n(C)c2=O)SC1=S. The molecule has 1 aromatic heterocycles. The maximum absolute atomic E-state index is 13.5. The first-order valence-electron chi connectivity index (χ1n) is 11.3. The third-order valence-corrected chi connectivity index (χ3v) is 7.71. The highest BCUT2D eigenvalue weighted by atomic mass is 32.2. The number of aryl methyl sites for hydroxylation is 1. The van der Waals surface area contributed by atoms with Crippen molar-refractivity contribution in [2.45, 2.75) is 26.7 Å². The number of pyridine rings is 1. The Morgan fingerprint density at radius 1 is 1.09 bits per heavy atom. The van der Waals surface area contributed by atoms with Gasteiger partial charge in [-0.05, 0) is 25.1 Å². The fourth-order valence-electron chi connectivity index (χ4n) is 4.40. The van der Waals surface area contributed by atoms with E-state index in [0.29, 0.717) is 21.3 Å². The van der Waals surface area contributed by atoms with Gasteiger partial charge in [0.1, 0.15) is 4.32 Å².